The molecule has 0 spiro atoms. The van der Waals surface area contributed by atoms with Crippen molar-refractivity contribution in [1.82, 2.24) is 9.88 Å². The zero-order valence-electron chi connectivity index (χ0n) is 15.6. The molecule has 5 aliphatic rings. The maximum Gasteiger partial charge on any atom is 0.228 e. The van der Waals surface area contributed by atoms with E-state index in [4.69, 9.17) is 4.74 Å². The molecular formula is C22H30N2O2. The average Bonchev–Trinajstić information content (AvgIpc) is 2.66. The van der Waals surface area contributed by atoms with Gasteiger partial charge < -0.3 is 9.64 Å². The number of ether oxygens (including phenoxy) is 1. The first-order valence-corrected chi connectivity index (χ1v) is 10.5. The standard InChI is InChI=1S/C22H30N2O2/c25-21(22-11-16-8-17(12-22)10-18(9-16)13-22)24-7-3-5-20(14-24)26-15-19-4-1-2-6-23-19/h1-2,4,6,16-18,20H,3,5,7-15H2/t16?,17?,18?,20-,22?/m1/s1. The van der Waals surface area contributed by atoms with Crippen molar-refractivity contribution in [1.29, 1.82) is 0 Å². The predicted octanol–water partition coefficient (Wildman–Crippen LogP) is 3.81. The van der Waals surface area contributed by atoms with Crippen LogP contribution >= 0.6 is 0 Å². The van der Waals surface area contributed by atoms with E-state index in [1.54, 1.807) is 0 Å². The summed E-state index contributed by atoms with van der Waals surface area (Å²) in [6.45, 7) is 2.24. The Hall–Kier alpha value is -1.42. The molecule has 4 bridgehead atoms. The van der Waals surface area contributed by atoms with Crippen molar-refractivity contribution in [2.24, 2.45) is 23.2 Å². The third-order valence-electron chi connectivity index (χ3n) is 7.35. The second-order valence-corrected chi connectivity index (χ2v) is 9.35. The number of hydrogen-bond acceptors (Lipinski definition) is 3. The normalized spacial score (nSPS) is 38.5. The molecule has 140 valence electrons. The molecule has 0 aromatic carbocycles. The highest BCUT2D eigenvalue weighted by Gasteiger charge is 2.55. The zero-order valence-corrected chi connectivity index (χ0v) is 15.6. The summed E-state index contributed by atoms with van der Waals surface area (Å²) in [5, 5.41) is 0. The number of likely N-dealkylation sites (tertiary alicyclic amines) is 1. The largest absolute Gasteiger partial charge is 0.370 e. The van der Waals surface area contributed by atoms with Gasteiger partial charge in [0.2, 0.25) is 5.91 Å². The number of piperidine rings is 1. The molecular weight excluding hydrogens is 324 g/mol. The molecule has 1 aliphatic heterocycles. The fourth-order valence-electron chi connectivity index (χ4n) is 6.65. The number of pyridine rings is 1. The van der Waals surface area contributed by atoms with E-state index in [2.05, 4.69) is 9.88 Å². The summed E-state index contributed by atoms with van der Waals surface area (Å²) in [6, 6.07) is 5.92. The van der Waals surface area contributed by atoms with Crippen LogP contribution in [0.2, 0.25) is 0 Å². The lowest BCUT2D eigenvalue weighted by atomic mass is 9.49. The highest BCUT2D eigenvalue weighted by Crippen LogP contribution is 2.60. The highest BCUT2D eigenvalue weighted by molar-refractivity contribution is 5.83. The van der Waals surface area contributed by atoms with Gasteiger partial charge in [-0.3, -0.25) is 9.78 Å². The first kappa shape index (κ1) is 16.7. The minimum absolute atomic E-state index is 0.0162. The van der Waals surface area contributed by atoms with Gasteiger partial charge in [-0.05, 0) is 81.3 Å². The second kappa shape index (κ2) is 6.63. The molecule has 4 heteroatoms. The molecule has 2 heterocycles. The summed E-state index contributed by atoms with van der Waals surface area (Å²) in [5.74, 6) is 2.94. The monoisotopic (exact) mass is 354 g/mol. The Bertz CT molecular complexity index is 624. The van der Waals surface area contributed by atoms with Gasteiger partial charge in [0, 0.05) is 19.3 Å². The molecule has 1 aromatic rings. The molecule has 1 atom stereocenters. The van der Waals surface area contributed by atoms with Crippen LogP contribution in [0.5, 0.6) is 0 Å². The molecule has 0 unspecified atom stereocenters. The number of aromatic nitrogens is 1. The van der Waals surface area contributed by atoms with E-state index in [-0.39, 0.29) is 11.5 Å². The van der Waals surface area contributed by atoms with Gasteiger partial charge in [-0.1, -0.05) is 6.07 Å². The van der Waals surface area contributed by atoms with Crippen LogP contribution in [-0.4, -0.2) is 35.0 Å². The Balaban J connectivity index is 1.23. The van der Waals surface area contributed by atoms with Crippen molar-refractivity contribution in [3.05, 3.63) is 30.1 Å². The quantitative estimate of drug-likeness (QED) is 0.826. The molecule has 26 heavy (non-hydrogen) atoms. The maximum absolute atomic E-state index is 13.5. The van der Waals surface area contributed by atoms with Crippen LogP contribution in [0.25, 0.3) is 0 Å². The first-order chi connectivity index (χ1) is 12.7. The van der Waals surface area contributed by atoms with Crippen LogP contribution in [0.3, 0.4) is 0 Å². The van der Waals surface area contributed by atoms with Crippen molar-refractivity contribution >= 4 is 5.91 Å². The van der Waals surface area contributed by atoms with Gasteiger partial charge in [-0.25, -0.2) is 0 Å². The maximum atomic E-state index is 13.5. The summed E-state index contributed by atoms with van der Waals surface area (Å²) in [4.78, 5) is 20.0. The molecule has 4 saturated carbocycles. The van der Waals surface area contributed by atoms with Crippen molar-refractivity contribution in [3.8, 4) is 0 Å². The summed E-state index contributed by atoms with van der Waals surface area (Å²) >= 11 is 0. The van der Waals surface area contributed by atoms with Crippen LogP contribution in [-0.2, 0) is 16.1 Å². The smallest absolute Gasteiger partial charge is 0.228 e. The van der Waals surface area contributed by atoms with Crippen molar-refractivity contribution in [2.45, 2.75) is 64.1 Å². The summed E-state index contributed by atoms with van der Waals surface area (Å²) in [5.41, 5.74) is 0.953. The summed E-state index contributed by atoms with van der Waals surface area (Å²) < 4.78 is 6.11. The number of nitrogens with zero attached hydrogens (tertiary/aromatic N) is 2. The van der Waals surface area contributed by atoms with E-state index in [1.165, 1.54) is 19.3 Å². The van der Waals surface area contributed by atoms with E-state index in [0.717, 1.165) is 68.6 Å². The van der Waals surface area contributed by atoms with Gasteiger partial charge >= 0.3 is 0 Å². The van der Waals surface area contributed by atoms with E-state index >= 15 is 0 Å². The average molecular weight is 354 g/mol. The minimum Gasteiger partial charge on any atom is -0.370 e. The molecule has 4 nitrogen and oxygen atoms in total. The van der Waals surface area contributed by atoms with E-state index in [0.29, 0.717) is 12.5 Å². The first-order valence-electron chi connectivity index (χ1n) is 10.5. The fraction of sp³-hybridized carbons (Fsp3) is 0.727. The van der Waals surface area contributed by atoms with Gasteiger partial charge in [0.15, 0.2) is 0 Å². The van der Waals surface area contributed by atoms with E-state index in [1.807, 2.05) is 24.4 Å². The van der Waals surface area contributed by atoms with Gasteiger partial charge in [-0.15, -0.1) is 0 Å². The van der Waals surface area contributed by atoms with E-state index in [9.17, 15) is 4.79 Å². The fourth-order valence-corrected chi connectivity index (χ4v) is 6.65. The molecule has 0 N–H and O–H groups in total. The van der Waals surface area contributed by atoms with Crippen molar-refractivity contribution in [3.63, 3.8) is 0 Å². The van der Waals surface area contributed by atoms with Gasteiger partial charge in [0.1, 0.15) is 0 Å². The third-order valence-corrected chi connectivity index (χ3v) is 7.35. The number of amides is 1. The molecule has 0 radical (unpaired) electrons. The van der Waals surface area contributed by atoms with Gasteiger partial charge in [-0.2, -0.15) is 0 Å². The number of carbonyl (C=O) groups excluding carboxylic acids is 1. The van der Waals surface area contributed by atoms with Crippen LogP contribution in [0.15, 0.2) is 24.4 Å². The molecule has 6 rings (SSSR count). The molecule has 1 aromatic heterocycles. The SMILES string of the molecule is O=C(N1CCC[C@@H](OCc2ccccn2)C1)C12CC3CC(CC(C3)C1)C2. The number of rotatable bonds is 4. The zero-order chi connectivity index (χ0) is 17.6. The highest BCUT2D eigenvalue weighted by atomic mass is 16.5. The Morgan fingerprint density at radius 3 is 2.54 bits per heavy atom. The minimum atomic E-state index is -0.0162. The number of carbonyl (C=O) groups is 1. The Labute approximate surface area is 156 Å². The number of hydrogen-bond donors (Lipinski definition) is 0. The van der Waals surface area contributed by atoms with Crippen LogP contribution in [0.1, 0.15) is 57.1 Å². The lowest BCUT2D eigenvalue weighted by Gasteiger charge is -2.57. The van der Waals surface area contributed by atoms with Gasteiger partial charge in [0.25, 0.3) is 0 Å². The molecule has 1 saturated heterocycles. The Morgan fingerprint density at radius 1 is 1.15 bits per heavy atom. The van der Waals surface area contributed by atoms with Crippen LogP contribution in [0, 0.1) is 23.2 Å². The van der Waals surface area contributed by atoms with Crippen molar-refractivity contribution in [2.75, 3.05) is 13.1 Å². The molecule has 5 fully saturated rings. The molecule has 1 amide bonds. The third kappa shape index (κ3) is 3.06. The second-order valence-electron chi connectivity index (χ2n) is 9.35. The summed E-state index contributed by atoms with van der Waals surface area (Å²) in [7, 11) is 0. The lowest BCUT2D eigenvalue weighted by Crippen LogP contribution is -2.56. The Kier molecular flexibility index (Phi) is 4.27. The predicted molar refractivity (Wildman–Crippen MR) is 99.2 cm³/mol. The van der Waals surface area contributed by atoms with Crippen LogP contribution < -0.4 is 0 Å². The molecule has 4 aliphatic carbocycles. The van der Waals surface area contributed by atoms with Crippen LogP contribution in [0.4, 0.5) is 0 Å². The van der Waals surface area contributed by atoms with Gasteiger partial charge in [0.05, 0.1) is 23.8 Å². The van der Waals surface area contributed by atoms with Crippen molar-refractivity contribution < 1.29 is 9.53 Å². The topological polar surface area (TPSA) is 42.4 Å². The summed E-state index contributed by atoms with van der Waals surface area (Å²) in [6.07, 6.45) is 11.7. The van der Waals surface area contributed by atoms with E-state index < -0.39 is 0 Å². The Morgan fingerprint density at radius 2 is 1.88 bits per heavy atom. The lowest BCUT2D eigenvalue weighted by molar-refractivity contribution is -0.161.